The quantitative estimate of drug-likeness (QED) is 0.506. The van der Waals surface area contributed by atoms with Gasteiger partial charge in [0.15, 0.2) is 0 Å². The van der Waals surface area contributed by atoms with Crippen LogP contribution in [0.25, 0.3) is 0 Å². The normalized spacial score (nSPS) is 16.3. The topological polar surface area (TPSA) is 38.7 Å². The van der Waals surface area contributed by atoms with E-state index in [0.29, 0.717) is 5.57 Å². The predicted octanol–water partition coefficient (Wildman–Crippen LogP) is 0.908. The predicted molar refractivity (Wildman–Crippen MR) is 37.8 cm³/mol. The van der Waals surface area contributed by atoms with Gasteiger partial charge in [-0.2, -0.15) is 0 Å². The molecule has 1 aliphatic heterocycles. The summed E-state index contributed by atoms with van der Waals surface area (Å²) < 4.78 is 4.51. The number of ether oxygens (including phenoxy) is 1. The van der Waals surface area contributed by atoms with E-state index in [1.165, 1.54) is 7.11 Å². The van der Waals surface area contributed by atoms with Gasteiger partial charge >= 0.3 is 5.97 Å². The Balaban J connectivity index is 2.62. The number of hydrogen-bond donors (Lipinski definition) is 0. The molecule has 0 amide bonds. The Morgan fingerprint density at radius 3 is 3.10 bits per heavy atom. The first-order chi connectivity index (χ1) is 4.84. The molecular weight excluding hydrogens is 130 g/mol. The van der Waals surface area contributed by atoms with E-state index in [9.17, 15) is 4.79 Å². The monoisotopic (exact) mass is 139 g/mol. The second-order valence-corrected chi connectivity index (χ2v) is 2.02. The van der Waals surface area contributed by atoms with Crippen molar-refractivity contribution in [2.24, 2.45) is 4.99 Å². The first-order valence-electron chi connectivity index (χ1n) is 3.13. The standard InChI is InChI=1S/C7H9NO2/c1-10-7(9)6-3-2-4-8-5-6/h4-5H,2-3H2,1H3. The molecule has 0 aromatic rings. The second kappa shape index (κ2) is 3.15. The average molecular weight is 139 g/mol. The molecule has 3 nitrogen and oxygen atoms in total. The molecule has 0 aliphatic carbocycles. The second-order valence-electron chi connectivity index (χ2n) is 2.02. The molecule has 0 unspecified atom stereocenters. The molecule has 0 spiro atoms. The van der Waals surface area contributed by atoms with Crippen LogP contribution in [-0.2, 0) is 9.53 Å². The van der Waals surface area contributed by atoms with Crippen LogP contribution in [0, 0.1) is 0 Å². The maximum Gasteiger partial charge on any atom is 0.335 e. The van der Waals surface area contributed by atoms with Crippen molar-refractivity contribution in [3.05, 3.63) is 11.8 Å². The minimum atomic E-state index is -0.267. The van der Waals surface area contributed by atoms with E-state index >= 15 is 0 Å². The van der Waals surface area contributed by atoms with Crippen molar-refractivity contribution in [1.82, 2.24) is 0 Å². The van der Waals surface area contributed by atoms with E-state index < -0.39 is 0 Å². The van der Waals surface area contributed by atoms with Crippen molar-refractivity contribution in [1.29, 1.82) is 0 Å². The van der Waals surface area contributed by atoms with Crippen LogP contribution in [0.3, 0.4) is 0 Å². The van der Waals surface area contributed by atoms with Crippen LogP contribution in [0.1, 0.15) is 12.8 Å². The zero-order valence-corrected chi connectivity index (χ0v) is 5.83. The third-order valence-corrected chi connectivity index (χ3v) is 1.33. The average Bonchev–Trinajstić information content (AvgIpc) is 2.05. The lowest BCUT2D eigenvalue weighted by Crippen LogP contribution is -2.06. The smallest absolute Gasteiger partial charge is 0.335 e. The van der Waals surface area contributed by atoms with Crippen LogP contribution >= 0.6 is 0 Å². The van der Waals surface area contributed by atoms with Crippen molar-refractivity contribution >= 4 is 12.2 Å². The summed E-state index contributed by atoms with van der Waals surface area (Å²) in [5, 5.41) is 0. The Kier molecular flexibility index (Phi) is 2.20. The molecule has 0 N–H and O–H groups in total. The molecule has 0 radical (unpaired) electrons. The minimum absolute atomic E-state index is 0.267. The first kappa shape index (κ1) is 6.99. The van der Waals surface area contributed by atoms with Crippen molar-refractivity contribution < 1.29 is 9.53 Å². The molecule has 3 heteroatoms. The van der Waals surface area contributed by atoms with Crippen LogP contribution in [0.4, 0.5) is 0 Å². The van der Waals surface area contributed by atoms with Crippen LogP contribution in [0.15, 0.2) is 16.8 Å². The largest absolute Gasteiger partial charge is 0.466 e. The molecule has 0 saturated carbocycles. The molecule has 0 bridgehead atoms. The Hall–Kier alpha value is -1.12. The highest BCUT2D eigenvalue weighted by Gasteiger charge is 2.09. The number of esters is 1. The lowest BCUT2D eigenvalue weighted by Gasteiger charge is -2.04. The van der Waals surface area contributed by atoms with E-state index in [0.717, 1.165) is 12.8 Å². The molecule has 0 aromatic carbocycles. The number of nitrogens with zero attached hydrogens (tertiary/aromatic N) is 1. The van der Waals surface area contributed by atoms with E-state index in [-0.39, 0.29) is 5.97 Å². The highest BCUT2D eigenvalue weighted by molar-refractivity contribution is 5.89. The fourth-order valence-corrected chi connectivity index (χ4v) is 0.788. The summed E-state index contributed by atoms with van der Waals surface area (Å²) in [6, 6.07) is 0. The van der Waals surface area contributed by atoms with E-state index in [1.807, 2.05) is 0 Å². The number of methoxy groups -OCH3 is 1. The molecule has 0 saturated heterocycles. The molecule has 1 rings (SSSR count). The van der Waals surface area contributed by atoms with Crippen molar-refractivity contribution in [3.63, 3.8) is 0 Å². The van der Waals surface area contributed by atoms with Crippen molar-refractivity contribution in [2.75, 3.05) is 7.11 Å². The van der Waals surface area contributed by atoms with Gasteiger partial charge in [-0.25, -0.2) is 4.79 Å². The van der Waals surface area contributed by atoms with Gasteiger partial charge in [-0.1, -0.05) is 0 Å². The molecule has 10 heavy (non-hydrogen) atoms. The van der Waals surface area contributed by atoms with E-state index in [4.69, 9.17) is 0 Å². The fourth-order valence-electron chi connectivity index (χ4n) is 0.788. The first-order valence-corrected chi connectivity index (χ1v) is 3.13. The summed E-state index contributed by atoms with van der Waals surface area (Å²) in [7, 11) is 1.38. The highest BCUT2D eigenvalue weighted by atomic mass is 16.5. The van der Waals surface area contributed by atoms with Gasteiger partial charge in [0.2, 0.25) is 0 Å². The summed E-state index contributed by atoms with van der Waals surface area (Å²) in [4.78, 5) is 14.6. The summed E-state index contributed by atoms with van der Waals surface area (Å²) >= 11 is 0. The number of aliphatic imine (C=N–C) groups is 1. The number of rotatable bonds is 1. The van der Waals surface area contributed by atoms with Gasteiger partial charge in [0, 0.05) is 12.4 Å². The molecular formula is C7H9NO2. The Morgan fingerprint density at radius 2 is 2.60 bits per heavy atom. The SMILES string of the molecule is COC(=O)C1=CN=CCC1. The maximum atomic E-state index is 10.8. The van der Waals surface area contributed by atoms with Crippen molar-refractivity contribution in [3.8, 4) is 0 Å². The van der Waals surface area contributed by atoms with Crippen LogP contribution in [0.5, 0.6) is 0 Å². The molecule has 1 heterocycles. The fraction of sp³-hybridized carbons (Fsp3) is 0.429. The van der Waals surface area contributed by atoms with Crippen molar-refractivity contribution in [2.45, 2.75) is 12.8 Å². The van der Waals surface area contributed by atoms with E-state index in [2.05, 4.69) is 9.73 Å². The maximum absolute atomic E-state index is 10.8. The van der Waals surface area contributed by atoms with Gasteiger partial charge in [-0.3, -0.25) is 4.99 Å². The summed E-state index contributed by atoms with van der Waals surface area (Å²) in [5.41, 5.74) is 0.657. The number of carbonyl (C=O) groups is 1. The van der Waals surface area contributed by atoms with Gasteiger partial charge in [-0.05, 0) is 12.8 Å². The summed E-state index contributed by atoms with van der Waals surface area (Å²) in [6.07, 6.45) is 4.92. The third kappa shape index (κ3) is 1.43. The molecule has 0 atom stereocenters. The van der Waals surface area contributed by atoms with Gasteiger partial charge in [0.1, 0.15) is 0 Å². The summed E-state index contributed by atoms with van der Waals surface area (Å²) in [5.74, 6) is -0.267. The lowest BCUT2D eigenvalue weighted by atomic mass is 10.1. The zero-order chi connectivity index (χ0) is 7.40. The Labute approximate surface area is 59.4 Å². The van der Waals surface area contributed by atoms with Gasteiger partial charge in [0.25, 0.3) is 0 Å². The van der Waals surface area contributed by atoms with Gasteiger partial charge in [0.05, 0.1) is 12.7 Å². The lowest BCUT2D eigenvalue weighted by molar-refractivity contribution is -0.136. The van der Waals surface area contributed by atoms with Crippen LogP contribution in [-0.4, -0.2) is 19.3 Å². The molecule has 0 aromatic heterocycles. The third-order valence-electron chi connectivity index (χ3n) is 1.33. The van der Waals surface area contributed by atoms with Gasteiger partial charge < -0.3 is 4.74 Å². The Bertz CT molecular complexity index is 194. The van der Waals surface area contributed by atoms with E-state index in [1.54, 1.807) is 12.4 Å². The highest BCUT2D eigenvalue weighted by Crippen LogP contribution is 2.09. The zero-order valence-electron chi connectivity index (χ0n) is 5.83. The molecule has 54 valence electrons. The Morgan fingerprint density at radius 1 is 1.80 bits per heavy atom. The summed E-state index contributed by atoms with van der Waals surface area (Å²) in [6.45, 7) is 0. The molecule has 1 aliphatic rings. The number of carbonyl (C=O) groups excluding carboxylic acids is 1. The molecule has 0 fully saturated rings. The minimum Gasteiger partial charge on any atom is -0.466 e. The van der Waals surface area contributed by atoms with Gasteiger partial charge in [-0.15, -0.1) is 0 Å². The van der Waals surface area contributed by atoms with Crippen LogP contribution < -0.4 is 0 Å². The number of hydrogen-bond acceptors (Lipinski definition) is 3. The van der Waals surface area contributed by atoms with Crippen LogP contribution in [0.2, 0.25) is 0 Å².